The predicted molar refractivity (Wildman–Crippen MR) is 136 cm³/mol. The maximum atomic E-state index is 5.50. The second-order valence-corrected chi connectivity index (χ2v) is 9.17. The molecule has 1 N–H and O–H groups in total. The van der Waals surface area contributed by atoms with Crippen molar-refractivity contribution in [1.29, 1.82) is 0 Å². The number of benzene rings is 2. The number of para-hydroxylation sites is 1. The van der Waals surface area contributed by atoms with E-state index < -0.39 is 0 Å². The van der Waals surface area contributed by atoms with Gasteiger partial charge in [0, 0.05) is 34.3 Å². The minimum atomic E-state index is 0.0732. The summed E-state index contributed by atoms with van der Waals surface area (Å²) in [5.41, 5.74) is 3.28. The van der Waals surface area contributed by atoms with Gasteiger partial charge in [-0.1, -0.05) is 18.2 Å². The fourth-order valence-electron chi connectivity index (χ4n) is 4.21. The molecule has 0 bridgehead atoms. The van der Waals surface area contributed by atoms with Crippen LogP contribution in [0.2, 0.25) is 0 Å². The summed E-state index contributed by atoms with van der Waals surface area (Å²) in [6.45, 7) is 4.05. The van der Waals surface area contributed by atoms with Crippen molar-refractivity contribution in [2.24, 2.45) is 7.05 Å². The van der Waals surface area contributed by atoms with Gasteiger partial charge in [0.1, 0.15) is 11.6 Å². The molecule has 0 amide bonds. The Labute approximate surface area is 196 Å². The number of aromatic nitrogens is 3. The van der Waals surface area contributed by atoms with Gasteiger partial charge in [-0.2, -0.15) is 0 Å². The normalized spacial score (nSPS) is 12.3. The lowest BCUT2D eigenvalue weighted by molar-refractivity contribution is 0.356. The molecule has 6 nitrogen and oxygen atoms in total. The van der Waals surface area contributed by atoms with Crippen LogP contribution in [0.25, 0.3) is 32.4 Å². The number of methoxy groups -OCH3 is 2. The van der Waals surface area contributed by atoms with Gasteiger partial charge in [-0.3, -0.25) is 0 Å². The van der Waals surface area contributed by atoms with Crippen LogP contribution < -0.4 is 14.8 Å². The number of aryl methyl sites for hydroxylation is 2. The maximum absolute atomic E-state index is 5.50. The highest BCUT2D eigenvalue weighted by Crippen LogP contribution is 2.37. The molecule has 33 heavy (non-hydrogen) atoms. The molecule has 3 aromatic heterocycles. The van der Waals surface area contributed by atoms with Crippen molar-refractivity contribution >= 4 is 39.0 Å². The Kier molecular flexibility index (Phi) is 5.42. The van der Waals surface area contributed by atoms with Gasteiger partial charge in [-0.05, 0) is 44.2 Å². The molecule has 2 aromatic carbocycles. The third-order valence-corrected chi connectivity index (χ3v) is 7.21. The van der Waals surface area contributed by atoms with E-state index in [9.17, 15) is 0 Å². The van der Waals surface area contributed by atoms with Gasteiger partial charge >= 0.3 is 0 Å². The van der Waals surface area contributed by atoms with Gasteiger partial charge in [0.05, 0.1) is 36.3 Å². The molecule has 1 unspecified atom stereocenters. The highest BCUT2D eigenvalue weighted by Gasteiger charge is 2.17. The molecular weight excluding hydrogens is 432 g/mol. The first-order valence-electron chi connectivity index (χ1n) is 10.8. The summed E-state index contributed by atoms with van der Waals surface area (Å²) >= 11 is 1.79. The number of ether oxygens (including phenoxy) is 2. The van der Waals surface area contributed by atoms with Crippen LogP contribution in [0.15, 0.2) is 54.6 Å². The molecule has 5 aromatic rings. The van der Waals surface area contributed by atoms with E-state index in [2.05, 4.69) is 76.3 Å². The van der Waals surface area contributed by atoms with Crippen molar-refractivity contribution in [3.05, 3.63) is 65.3 Å². The number of anilines is 1. The van der Waals surface area contributed by atoms with Crippen molar-refractivity contribution in [2.75, 3.05) is 19.5 Å². The van der Waals surface area contributed by atoms with Crippen LogP contribution in [-0.4, -0.2) is 28.8 Å². The maximum Gasteiger partial charge on any atom is 0.162 e. The topological polar surface area (TPSA) is 61.2 Å². The van der Waals surface area contributed by atoms with Crippen molar-refractivity contribution in [3.63, 3.8) is 0 Å². The van der Waals surface area contributed by atoms with Crippen molar-refractivity contribution in [2.45, 2.75) is 19.9 Å². The number of nitrogens with one attached hydrogen (secondary N) is 1. The molecule has 0 aliphatic rings. The summed E-state index contributed by atoms with van der Waals surface area (Å²) < 4.78 is 13.2. The lowest BCUT2D eigenvalue weighted by atomic mass is 10.2. The van der Waals surface area contributed by atoms with Crippen LogP contribution in [0.5, 0.6) is 11.5 Å². The van der Waals surface area contributed by atoms with Crippen LogP contribution in [0.3, 0.4) is 0 Å². The zero-order chi connectivity index (χ0) is 23.1. The van der Waals surface area contributed by atoms with Crippen LogP contribution in [-0.2, 0) is 7.05 Å². The van der Waals surface area contributed by atoms with Crippen molar-refractivity contribution < 1.29 is 9.47 Å². The van der Waals surface area contributed by atoms with Crippen molar-refractivity contribution in [3.8, 4) is 22.1 Å². The Morgan fingerprint density at radius 1 is 0.970 bits per heavy atom. The number of thiophene rings is 1. The van der Waals surface area contributed by atoms with Crippen LogP contribution in [0.4, 0.5) is 5.82 Å². The summed E-state index contributed by atoms with van der Waals surface area (Å²) in [6, 6.07) is 19.0. The summed E-state index contributed by atoms with van der Waals surface area (Å²) in [5.74, 6) is 2.79. The molecule has 3 heterocycles. The Bertz CT molecular complexity index is 1470. The van der Waals surface area contributed by atoms with E-state index in [1.807, 2.05) is 19.1 Å². The minimum absolute atomic E-state index is 0.0732. The third-order valence-electron chi connectivity index (χ3n) is 5.92. The highest BCUT2D eigenvalue weighted by molar-refractivity contribution is 7.15. The van der Waals surface area contributed by atoms with Gasteiger partial charge < -0.3 is 19.4 Å². The van der Waals surface area contributed by atoms with Gasteiger partial charge in [0.2, 0.25) is 0 Å². The van der Waals surface area contributed by atoms with E-state index in [1.54, 1.807) is 25.6 Å². The lowest BCUT2D eigenvalue weighted by Crippen LogP contribution is -2.08. The second-order valence-electron chi connectivity index (χ2n) is 8.06. The zero-order valence-electron chi connectivity index (χ0n) is 19.3. The Balaban J connectivity index is 1.48. The number of fused-ring (bicyclic) bond motifs is 2. The molecule has 0 spiro atoms. The first kappa shape index (κ1) is 21.3. The molecule has 0 saturated heterocycles. The van der Waals surface area contributed by atoms with Crippen LogP contribution in [0.1, 0.15) is 23.7 Å². The molecule has 0 fully saturated rings. The third kappa shape index (κ3) is 3.78. The van der Waals surface area contributed by atoms with Gasteiger partial charge in [0.25, 0.3) is 0 Å². The summed E-state index contributed by atoms with van der Waals surface area (Å²) in [6.07, 6.45) is 0. The largest absolute Gasteiger partial charge is 0.493 e. The average molecular weight is 459 g/mol. The molecule has 0 aliphatic heterocycles. The first-order chi connectivity index (χ1) is 16.0. The molecule has 168 valence electrons. The fourth-order valence-corrected chi connectivity index (χ4v) is 5.27. The van der Waals surface area contributed by atoms with Gasteiger partial charge in [0.15, 0.2) is 11.5 Å². The van der Waals surface area contributed by atoms with E-state index in [4.69, 9.17) is 9.47 Å². The summed E-state index contributed by atoms with van der Waals surface area (Å²) in [7, 11) is 5.38. The Morgan fingerprint density at radius 2 is 1.73 bits per heavy atom. The van der Waals surface area contributed by atoms with Crippen LogP contribution >= 0.6 is 11.3 Å². The number of hydrogen-bond donors (Lipinski definition) is 1. The smallest absolute Gasteiger partial charge is 0.162 e. The minimum Gasteiger partial charge on any atom is -0.493 e. The molecule has 0 aliphatic carbocycles. The Hall–Kier alpha value is -3.58. The SMILES string of the molecule is COc1cc2nc(C)nc(NC(C)c3ccc(-c4cc5ccccc5n4C)s3)c2cc1OC. The lowest BCUT2D eigenvalue weighted by Gasteiger charge is -2.16. The summed E-state index contributed by atoms with van der Waals surface area (Å²) in [4.78, 5) is 11.8. The average Bonchev–Trinajstić information content (AvgIpc) is 3.43. The molecule has 0 radical (unpaired) electrons. The predicted octanol–water partition coefficient (Wildman–Crippen LogP) is 6.35. The van der Waals surface area contributed by atoms with E-state index >= 15 is 0 Å². The van der Waals surface area contributed by atoms with E-state index in [0.717, 1.165) is 16.7 Å². The van der Waals surface area contributed by atoms with E-state index in [1.165, 1.54) is 26.4 Å². The summed E-state index contributed by atoms with van der Waals surface area (Å²) in [5, 5.41) is 5.74. The number of hydrogen-bond acceptors (Lipinski definition) is 6. The second kappa shape index (κ2) is 8.41. The standard InChI is InChI=1S/C26H26N4O2S/c1-15(24-10-11-25(33-24)21-12-17-8-6-7-9-20(17)30(21)3)27-26-18-13-22(31-4)23(32-5)14-19(18)28-16(2)29-26/h6-15H,1-5H3,(H,27,28,29). The first-order valence-corrected chi connectivity index (χ1v) is 11.6. The molecule has 7 heteroatoms. The van der Waals surface area contributed by atoms with E-state index in [0.29, 0.717) is 17.3 Å². The number of nitrogens with zero attached hydrogens (tertiary/aromatic N) is 3. The molecule has 1 atom stereocenters. The van der Waals surface area contributed by atoms with Crippen molar-refractivity contribution in [1.82, 2.24) is 14.5 Å². The van der Waals surface area contributed by atoms with Crippen LogP contribution in [0, 0.1) is 6.92 Å². The molecule has 0 saturated carbocycles. The molecule has 5 rings (SSSR count). The fraction of sp³-hybridized carbons (Fsp3) is 0.231. The van der Waals surface area contributed by atoms with E-state index in [-0.39, 0.29) is 6.04 Å². The monoisotopic (exact) mass is 458 g/mol. The van der Waals surface area contributed by atoms with Gasteiger partial charge in [-0.25, -0.2) is 9.97 Å². The zero-order valence-corrected chi connectivity index (χ0v) is 20.2. The number of rotatable bonds is 6. The van der Waals surface area contributed by atoms with Gasteiger partial charge in [-0.15, -0.1) is 11.3 Å². The quantitative estimate of drug-likeness (QED) is 0.321. The Morgan fingerprint density at radius 3 is 2.48 bits per heavy atom. The highest BCUT2D eigenvalue weighted by atomic mass is 32.1. The molecular formula is C26H26N4O2S.